The first kappa shape index (κ1) is 12.1. The van der Waals surface area contributed by atoms with Crippen molar-refractivity contribution >= 4 is 17.3 Å². The molecule has 4 heteroatoms. The van der Waals surface area contributed by atoms with E-state index in [1.54, 1.807) is 24.3 Å². The quantitative estimate of drug-likeness (QED) is 0.719. The van der Waals surface area contributed by atoms with Crippen molar-refractivity contribution in [2.24, 2.45) is 5.73 Å². The van der Waals surface area contributed by atoms with Crippen molar-refractivity contribution in [2.45, 2.75) is 6.54 Å². The van der Waals surface area contributed by atoms with Crippen LogP contribution in [0.5, 0.6) is 0 Å². The monoisotopic (exact) mass is 241 g/mol. The molecule has 5 N–H and O–H groups in total. The third-order valence-corrected chi connectivity index (χ3v) is 2.66. The predicted molar refractivity (Wildman–Crippen MR) is 73.1 cm³/mol. The second-order valence-electron chi connectivity index (χ2n) is 3.94. The van der Waals surface area contributed by atoms with Crippen LogP contribution in [0.4, 0.5) is 11.4 Å². The molecular formula is C14H15N3O. The maximum atomic E-state index is 12.0. The van der Waals surface area contributed by atoms with Crippen LogP contribution >= 0.6 is 0 Å². The molecule has 0 fully saturated rings. The van der Waals surface area contributed by atoms with E-state index in [4.69, 9.17) is 11.5 Å². The van der Waals surface area contributed by atoms with Crippen molar-refractivity contribution < 1.29 is 4.79 Å². The van der Waals surface area contributed by atoms with Crippen molar-refractivity contribution in [2.75, 3.05) is 11.1 Å². The van der Waals surface area contributed by atoms with Gasteiger partial charge in [0.15, 0.2) is 0 Å². The molecule has 2 aromatic rings. The van der Waals surface area contributed by atoms with Crippen LogP contribution in [0.1, 0.15) is 15.9 Å². The summed E-state index contributed by atoms with van der Waals surface area (Å²) in [6.07, 6.45) is 0. The van der Waals surface area contributed by atoms with Crippen LogP contribution in [-0.4, -0.2) is 5.91 Å². The molecule has 0 aliphatic rings. The molecule has 0 heterocycles. The smallest absolute Gasteiger partial charge is 0.255 e. The molecule has 0 unspecified atom stereocenters. The minimum absolute atomic E-state index is 0.184. The molecule has 4 nitrogen and oxygen atoms in total. The molecule has 0 saturated carbocycles. The number of nitrogens with one attached hydrogen (secondary N) is 1. The lowest BCUT2D eigenvalue weighted by Gasteiger charge is -2.08. The highest BCUT2D eigenvalue weighted by Crippen LogP contribution is 2.17. The van der Waals surface area contributed by atoms with Gasteiger partial charge in [-0.3, -0.25) is 4.79 Å². The van der Waals surface area contributed by atoms with Crippen LogP contribution in [-0.2, 0) is 6.54 Å². The minimum Gasteiger partial charge on any atom is -0.397 e. The lowest BCUT2D eigenvalue weighted by atomic mass is 10.1. The summed E-state index contributed by atoms with van der Waals surface area (Å²) in [6, 6.07) is 14.3. The predicted octanol–water partition coefficient (Wildman–Crippen LogP) is 1.98. The van der Waals surface area contributed by atoms with Gasteiger partial charge >= 0.3 is 0 Å². The minimum atomic E-state index is -0.184. The van der Waals surface area contributed by atoms with Gasteiger partial charge in [-0.2, -0.15) is 0 Å². The third kappa shape index (κ3) is 2.67. The molecule has 0 saturated heterocycles. The first-order valence-corrected chi connectivity index (χ1v) is 5.65. The third-order valence-electron chi connectivity index (χ3n) is 2.66. The molecule has 0 radical (unpaired) electrons. The average molecular weight is 241 g/mol. The Kier molecular flexibility index (Phi) is 3.60. The van der Waals surface area contributed by atoms with E-state index in [0.717, 1.165) is 5.56 Å². The van der Waals surface area contributed by atoms with Gasteiger partial charge in [-0.15, -0.1) is 0 Å². The lowest BCUT2D eigenvalue weighted by molar-refractivity contribution is 0.102. The zero-order valence-electron chi connectivity index (χ0n) is 9.89. The Labute approximate surface area is 106 Å². The van der Waals surface area contributed by atoms with Crippen LogP contribution in [0.15, 0.2) is 48.5 Å². The van der Waals surface area contributed by atoms with Gasteiger partial charge in [0.05, 0.1) is 11.4 Å². The van der Waals surface area contributed by atoms with E-state index in [0.29, 0.717) is 23.5 Å². The van der Waals surface area contributed by atoms with Crippen molar-refractivity contribution in [3.8, 4) is 0 Å². The van der Waals surface area contributed by atoms with Gasteiger partial charge in [-0.1, -0.05) is 24.3 Å². The molecule has 0 aliphatic carbocycles. The first-order chi connectivity index (χ1) is 8.70. The number of carbonyl (C=O) groups is 1. The molecule has 2 aromatic carbocycles. The van der Waals surface area contributed by atoms with E-state index in [2.05, 4.69) is 5.32 Å². The van der Waals surface area contributed by atoms with Crippen molar-refractivity contribution in [3.05, 3.63) is 59.7 Å². The number of anilines is 2. The number of nitrogen functional groups attached to an aromatic ring is 1. The molecular weight excluding hydrogens is 226 g/mol. The van der Waals surface area contributed by atoms with Crippen molar-refractivity contribution in [3.63, 3.8) is 0 Å². The standard InChI is InChI=1S/C14H15N3O/c15-9-10-5-7-11(8-6-10)14(18)17-13-4-2-1-3-12(13)16/h1-8H,9,15-16H2,(H,17,18). The zero-order valence-corrected chi connectivity index (χ0v) is 9.89. The van der Waals surface area contributed by atoms with Crippen LogP contribution in [0.25, 0.3) is 0 Å². The molecule has 92 valence electrons. The van der Waals surface area contributed by atoms with Gasteiger partial charge in [0, 0.05) is 12.1 Å². The maximum absolute atomic E-state index is 12.0. The largest absolute Gasteiger partial charge is 0.397 e. The van der Waals surface area contributed by atoms with Gasteiger partial charge in [-0.25, -0.2) is 0 Å². The molecule has 0 bridgehead atoms. The molecule has 2 rings (SSSR count). The summed E-state index contributed by atoms with van der Waals surface area (Å²) >= 11 is 0. The highest BCUT2D eigenvalue weighted by atomic mass is 16.1. The van der Waals surface area contributed by atoms with E-state index < -0.39 is 0 Å². The SMILES string of the molecule is NCc1ccc(C(=O)Nc2ccccc2N)cc1. The Hall–Kier alpha value is -2.33. The molecule has 0 aliphatic heterocycles. The van der Waals surface area contributed by atoms with Crippen LogP contribution in [0.2, 0.25) is 0 Å². The number of amides is 1. The number of hydrogen-bond donors (Lipinski definition) is 3. The van der Waals surface area contributed by atoms with E-state index in [-0.39, 0.29) is 5.91 Å². The summed E-state index contributed by atoms with van der Waals surface area (Å²) < 4.78 is 0. The molecule has 0 spiro atoms. The van der Waals surface area contributed by atoms with Gasteiger partial charge in [-0.05, 0) is 29.8 Å². The fourth-order valence-corrected chi connectivity index (χ4v) is 1.60. The van der Waals surface area contributed by atoms with E-state index >= 15 is 0 Å². The zero-order chi connectivity index (χ0) is 13.0. The number of rotatable bonds is 3. The van der Waals surface area contributed by atoms with Gasteiger partial charge in [0.2, 0.25) is 0 Å². The van der Waals surface area contributed by atoms with Crippen LogP contribution in [0.3, 0.4) is 0 Å². The Bertz CT molecular complexity index is 549. The van der Waals surface area contributed by atoms with E-state index in [1.807, 2.05) is 24.3 Å². The van der Waals surface area contributed by atoms with Gasteiger partial charge in [0.25, 0.3) is 5.91 Å². The van der Waals surface area contributed by atoms with Gasteiger partial charge < -0.3 is 16.8 Å². The summed E-state index contributed by atoms with van der Waals surface area (Å²) in [5.41, 5.74) is 14.0. The molecule has 18 heavy (non-hydrogen) atoms. The highest BCUT2D eigenvalue weighted by molar-refractivity contribution is 6.05. The summed E-state index contributed by atoms with van der Waals surface area (Å²) in [5, 5.41) is 2.77. The summed E-state index contributed by atoms with van der Waals surface area (Å²) in [6.45, 7) is 0.466. The fraction of sp³-hybridized carbons (Fsp3) is 0.0714. The lowest BCUT2D eigenvalue weighted by Crippen LogP contribution is -2.13. The van der Waals surface area contributed by atoms with Gasteiger partial charge in [0.1, 0.15) is 0 Å². The number of para-hydroxylation sites is 2. The van der Waals surface area contributed by atoms with Crippen molar-refractivity contribution in [1.82, 2.24) is 0 Å². The second-order valence-corrected chi connectivity index (χ2v) is 3.94. The number of nitrogens with two attached hydrogens (primary N) is 2. The van der Waals surface area contributed by atoms with E-state index in [1.165, 1.54) is 0 Å². The molecule has 0 atom stereocenters. The Morgan fingerprint density at radius 2 is 1.72 bits per heavy atom. The fourth-order valence-electron chi connectivity index (χ4n) is 1.60. The topological polar surface area (TPSA) is 81.1 Å². The first-order valence-electron chi connectivity index (χ1n) is 5.65. The second kappa shape index (κ2) is 5.33. The summed E-state index contributed by atoms with van der Waals surface area (Å²) in [7, 11) is 0. The summed E-state index contributed by atoms with van der Waals surface area (Å²) in [4.78, 5) is 12.0. The number of hydrogen-bond acceptors (Lipinski definition) is 3. The summed E-state index contributed by atoms with van der Waals surface area (Å²) in [5.74, 6) is -0.184. The molecule has 1 amide bonds. The molecule has 0 aromatic heterocycles. The number of carbonyl (C=O) groups excluding carboxylic acids is 1. The normalized spacial score (nSPS) is 10.1. The average Bonchev–Trinajstić information content (AvgIpc) is 2.41. The maximum Gasteiger partial charge on any atom is 0.255 e. The Morgan fingerprint density at radius 1 is 1.06 bits per heavy atom. The number of benzene rings is 2. The Balaban J connectivity index is 2.14. The highest BCUT2D eigenvalue weighted by Gasteiger charge is 2.07. The van der Waals surface area contributed by atoms with Crippen molar-refractivity contribution in [1.29, 1.82) is 0 Å². The Morgan fingerprint density at radius 3 is 2.33 bits per heavy atom. The van der Waals surface area contributed by atoms with Crippen LogP contribution in [0, 0.1) is 0 Å². The van der Waals surface area contributed by atoms with E-state index in [9.17, 15) is 4.79 Å². The van der Waals surface area contributed by atoms with Crippen LogP contribution < -0.4 is 16.8 Å².